The molecule has 1 aromatic heterocycles. The highest BCUT2D eigenvalue weighted by Crippen LogP contribution is 2.42. The van der Waals surface area contributed by atoms with Crippen molar-refractivity contribution < 1.29 is 14.3 Å². The van der Waals surface area contributed by atoms with Crippen LogP contribution >= 0.6 is 0 Å². The lowest BCUT2D eigenvalue weighted by Crippen LogP contribution is -2.38. The van der Waals surface area contributed by atoms with Gasteiger partial charge in [-0.15, -0.1) is 0 Å². The van der Waals surface area contributed by atoms with Gasteiger partial charge in [-0.05, 0) is 55.2 Å². The molecule has 0 bridgehead atoms. The first-order chi connectivity index (χ1) is 14.4. The molecule has 0 spiro atoms. The van der Waals surface area contributed by atoms with Crippen molar-refractivity contribution in [3.63, 3.8) is 0 Å². The molecule has 6 nitrogen and oxygen atoms in total. The lowest BCUT2D eigenvalue weighted by molar-refractivity contribution is 0.00110. The van der Waals surface area contributed by atoms with E-state index in [9.17, 15) is 4.79 Å². The molecule has 1 unspecified atom stereocenters. The minimum absolute atomic E-state index is 0.0334. The molecule has 1 aromatic carbocycles. The lowest BCUT2D eigenvalue weighted by atomic mass is 9.87. The fourth-order valence-electron chi connectivity index (χ4n) is 4.38. The molecule has 2 aliphatic rings. The average molecular weight is 410 g/mol. The highest BCUT2D eigenvalue weighted by atomic mass is 16.6. The largest absolute Gasteiger partial charge is 0.415 e. The normalized spacial score (nSPS) is 20.0. The summed E-state index contributed by atoms with van der Waals surface area (Å²) in [5.74, 6) is 0.586. The van der Waals surface area contributed by atoms with Gasteiger partial charge in [0, 0.05) is 44.0 Å². The van der Waals surface area contributed by atoms with E-state index in [1.807, 2.05) is 36.5 Å². The molecule has 0 aliphatic carbocycles. The van der Waals surface area contributed by atoms with E-state index >= 15 is 0 Å². The van der Waals surface area contributed by atoms with Gasteiger partial charge in [-0.25, -0.2) is 4.79 Å². The Labute approximate surface area is 178 Å². The molecule has 0 radical (unpaired) electrons. The van der Waals surface area contributed by atoms with Crippen LogP contribution in [-0.2, 0) is 16.7 Å². The molecule has 3 heterocycles. The van der Waals surface area contributed by atoms with Gasteiger partial charge >= 0.3 is 6.09 Å². The molecular formula is C24H31N3O3. The van der Waals surface area contributed by atoms with Gasteiger partial charge in [0.1, 0.15) is 5.75 Å². The second kappa shape index (κ2) is 8.64. The number of fused-ring (bicyclic) bond motifs is 1. The molecular weight excluding hydrogens is 378 g/mol. The number of nitrogens with zero attached hydrogens (tertiary/aromatic N) is 3. The van der Waals surface area contributed by atoms with Crippen LogP contribution in [0.25, 0.3) is 0 Å². The number of hydrogen-bond donors (Lipinski definition) is 0. The third-order valence-corrected chi connectivity index (χ3v) is 5.97. The molecule has 1 saturated heterocycles. The van der Waals surface area contributed by atoms with Crippen LogP contribution < -0.4 is 9.64 Å². The van der Waals surface area contributed by atoms with E-state index in [0.29, 0.717) is 12.3 Å². The average Bonchev–Trinajstić information content (AvgIpc) is 2.99. The number of carbonyl (C=O) groups is 1. The molecule has 2 aromatic rings. The SMILES string of the molecule is CN(CC1CCCCO1)C(=O)Oc1ccc2c(c1)C(C)(C)CN2Cc1ccccn1. The Hall–Kier alpha value is -2.60. The summed E-state index contributed by atoms with van der Waals surface area (Å²) in [6, 6.07) is 11.9. The standard InChI is InChI=1S/C24H31N3O3/c1-24(2)17-27(15-18-8-4-6-12-25-18)22-11-10-19(14-21(22)24)30-23(28)26(3)16-20-9-5-7-13-29-20/h4,6,8,10-12,14,20H,5,7,9,13,15-17H2,1-3H3. The monoisotopic (exact) mass is 409 g/mol. The number of carbonyl (C=O) groups excluding carboxylic acids is 1. The topological polar surface area (TPSA) is 54.9 Å². The van der Waals surface area contributed by atoms with Crippen molar-refractivity contribution in [2.75, 3.05) is 31.6 Å². The number of aromatic nitrogens is 1. The molecule has 1 amide bonds. The van der Waals surface area contributed by atoms with Gasteiger partial charge in [-0.3, -0.25) is 4.98 Å². The maximum absolute atomic E-state index is 12.6. The summed E-state index contributed by atoms with van der Waals surface area (Å²) in [7, 11) is 1.77. The number of likely N-dealkylation sites (N-methyl/N-ethyl adjacent to an activating group) is 1. The van der Waals surface area contributed by atoms with Gasteiger partial charge in [0.2, 0.25) is 0 Å². The van der Waals surface area contributed by atoms with Gasteiger partial charge in [0.15, 0.2) is 0 Å². The van der Waals surface area contributed by atoms with Crippen molar-refractivity contribution in [2.45, 2.75) is 51.2 Å². The number of anilines is 1. The van der Waals surface area contributed by atoms with Gasteiger partial charge in [-0.2, -0.15) is 0 Å². The van der Waals surface area contributed by atoms with Crippen LogP contribution in [0.4, 0.5) is 10.5 Å². The van der Waals surface area contributed by atoms with Crippen molar-refractivity contribution >= 4 is 11.8 Å². The van der Waals surface area contributed by atoms with Crippen LogP contribution in [-0.4, -0.2) is 48.8 Å². The Bertz CT molecular complexity index is 879. The molecule has 0 N–H and O–H groups in total. The summed E-state index contributed by atoms with van der Waals surface area (Å²) >= 11 is 0. The van der Waals surface area contributed by atoms with Crippen LogP contribution in [0, 0.1) is 0 Å². The molecule has 1 atom stereocenters. The fraction of sp³-hybridized carbons (Fsp3) is 0.500. The second-order valence-electron chi connectivity index (χ2n) is 8.98. The predicted molar refractivity (Wildman–Crippen MR) is 117 cm³/mol. The molecule has 4 rings (SSSR count). The van der Waals surface area contributed by atoms with E-state index in [1.165, 1.54) is 11.3 Å². The van der Waals surface area contributed by atoms with Crippen LogP contribution in [0.15, 0.2) is 42.6 Å². The van der Waals surface area contributed by atoms with Crippen molar-refractivity contribution in [1.29, 1.82) is 0 Å². The summed E-state index contributed by atoms with van der Waals surface area (Å²) in [5, 5.41) is 0. The summed E-state index contributed by atoms with van der Waals surface area (Å²) in [6.07, 6.45) is 4.85. The minimum atomic E-state index is -0.342. The molecule has 6 heteroatoms. The Morgan fingerprint density at radius 2 is 2.17 bits per heavy atom. The van der Waals surface area contributed by atoms with Gasteiger partial charge in [0.25, 0.3) is 0 Å². The third kappa shape index (κ3) is 4.59. The van der Waals surface area contributed by atoms with Crippen LogP contribution in [0.1, 0.15) is 44.4 Å². The Morgan fingerprint density at radius 1 is 1.30 bits per heavy atom. The highest BCUT2D eigenvalue weighted by Gasteiger charge is 2.35. The first kappa shape index (κ1) is 20.7. The predicted octanol–water partition coefficient (Wildman–Crippen LogP) is 4.38. The zero-order valence-electron chi connectivity index (χ0n) is 18.1. The van der Waals surface area contributed by atoms with Crippen molar-refractivity contribution in [2.24, 2.45) is 0 Å². The molecule has 160 valence electrons. The van der Waals surface area contributed by atoms with E-state index < -0.39 is 0 Å². The van der Waals surface area contributed by atoms with E-state index in [2.05, 4.69) is 29.8 Å². The fourth-order valence-corrected chi connectivity index (χ4v) is 4.38. The zero-order valence-corrected chi connectivity index (χ0v) is 18.1. The number of pyridine rings is 1. The van der Waals surface area contributed by atoms with Crippen LogP contribution in [0.3, 0.4) is 0 Å². The van der Waals surface area contributed by atoms with Crippen LogP contribution in [0.2, 0.25) is 0 Å². The number of amides is 1. The van der Waals surface area contributed by atoms with Crippen molar-refractivity contribution in [3.05, 3.63) is 53.9 Å². The number of rotatable bonds is 5. The smallest absolute Gasteiger partial charge is 0.410 e. The summed E-state index contributed by atoms with van der Waals surface area (Å²) in [6.45, 7) is 7.45. The van der Waals surface area contributed by atoms with Crippen molar-refractivity contribution in [1.82, 2.24) is 9.88 Å². The summed E-state index contributed by atoms with van der Waals surface area (Å²) < 4.78 is 11.4. The number of benzene rings is 1. The van der Waals surface area contributed by atoms with Gasteiger partial charge < -0.3 is 19.3 Å². The molecule has 0 saturated carbocycles. The maximum atomic E-state index is 12.6. The summed E-state index contributed by atoms with van der Waals surface area (Å²) in [4.78, 5) is 21.0. The maximum Gasteiger partial charge on any atom is 0.415 e. The molecule has 1 fully saturated rings. The highest BCUT2D eigenvalue weighted by molar-refractivity contribution is 5.72. The second-order valence-corrected chi connectivity index (χ2v) is 8.98. The van der Waals surface area contributed by atoms with E-state index in [0.717, 1.165) is 44.7 Å². The first-order valence-corrected chi connectivity index (χ1v) is 10.8. The van der Waals surface area contributed by atoms with Crippen molar-refractivity contribution in [3.8, 4) is 5.75 Å². The minimum Gasteiger partial charge on any atom is -0.410 e. The first-order valence-electron chi connectivity index (χ1n) is 10.8. The Kier molecular flexibility index (Phi) is 5.95. The molecule has 2 aliphatic heterocycles. The van der Waals surface area contributed by atoms with E-state index in [1.54, 1.807) is 11.9 Å². The number of hydrogen-bond acceptors (Lipinski definition) is 5. The Morgan fingerprint density at radius 3 is 2.90 bits per heavy atom. The van der Waals surface area contributed by atoms with E-state index in [4.69, 9.17) is 9.47 Å². The Balaban J connectivity index is 1.44. The molecule has 30 heavy (non-hydrogen) atoms. The third-order valence-electron chi connectivity index (χ3n) is 5.97. The quantitative estimate of drug-likeness (QED) is 0.734. The lowest BCUT2D eigenvalue weighted by Gasteiger charge is -2.27. The van der Waals surface area contributed by atoms with Gasteiger partial charge in [0.05, 0.1) is 18.3 Å². The van der Waals surface area contributed by atoms with E-state index in [-0.39, 0.29) is 17.6 Å². The number of ether oxygens (including phenoxy) is 2. The van der Waals surface area contributed by atoms with Crippen LogP contribution in [0.5, 0.6) is 5.75 Å². The summed E-state index contributed by atoms with van der Waals surface area (Å²) in [5.41, 5.74) is 3.38. The zero-order chi connectivity index (χ0) is 21.1. The van der Waals surface area contributed by atoms with Gasteiger partial charge in [-0.1, -0.05) is 19.9 Å².